The summed E-state index contributed by atoms with van der Waals surface area (Å²) in [4.78, 5) is 30.0. The zero-order valence-corrected chi connectivity index (χ0v) is 19.5. The Labute approximate surface area is 202 Å². The largest absolute Gasteiger partial charge is 0.338 e. The minimum atomic E-state index is -0.0369. The van der Waals surface area contributed by atoms with Crippen LogP contribution in [0.2, 0.25) is 5.02 Å². The van der Waals surface area contributed by atoms with Crippen LogP contribution in [-0.2, 0) is 4.79 Å². The minimum Gasteiger partial charge on any atom is -0.338 e. The molecule has 174 valence electrons. The van der Waals surface area contributed by atoms with Gasteiger partial charge in [0.25, 0.3) is 5.91 Å². The van der Waals surface area contributed by atoms with Crippen LogP contribution < -0.4 is 0 Å². The molecular weight excluding hydrogens is 450 g/mol. The van der Waals surface area contributed by atoms with Gasteiger partial charge in [0.05, 0.1) is 0 Å². The number of fused-ring (bicyclic) bond motifs is 2. The van der Waals surface area contributed by atoms with E-state index in [1.807, 2.05) is 23.2 Å². The van der Waals surface area contributed by atoms with Crippen molar-refractivity contribution >= 4 is 34.4 Å². The Morgan fingerprint density at radius 1 is 0.912 bits per heavy atom. The first-order chi connectivity index (χ1) is 16.5. The van der Waals surface area contributed by atoms with Gasteiger partial charge >= 0.3 is 0 Å². The molecule has 1 N–H and O–H groups in total. The number of benzene rings is 2. The average Bonchev–Trinajstić information content (AvgIpc) is 3.58. The van der Waals surface area contributed by atoms with E-state index in [-0.39, 0.29) is 23.7 Å². The highest BCUT2D eigenvalue weighted by Crippen LogP contribution is 2.38. The van der Waals surface area contributed by atoms with Gasteiger partial charge in [-0.25, -0.2) is 0 Å². The predicted molar refractivity (Wildman–Crippen MR) is 129 cm³/mol. The number of hydrogen-bond donors (Lipinski definition) is 1. The number of nitrogens with one attached hydrogen (secondary N) is 1. The first-order valence-corrected chi connectivity index (χ1v) is 12.3. The summed E-state index contributed by atoms with van der Waals surface area (Å²) < 4.78 is 0. The number of aromatic amines is 1. The van der Waals surface area contributed by atoms with Crippen molar-refractivity contribution in [3.8, 4) is 0 Å². The summed E-state index contributed by atoms with van der Waals surface area (Å²) in [5.74, 6) is 1.09. The number of rotatable bonds is 3. The standard InChI is InChI=1S/C26H26ClN5O2/c27-22-8-5-17(6-9-22)16-1-3-18(4-2-16)25(33)31-12-20-14-32(15-21(20)13-31)26(34)19-7-10-23-24(11-19)29-30-28-23/h5-11,14,16,18,21H,1-4,12-13,15H2,(H,28,29,30)/t16?,18?,21-/m1/s1. The van der Waals surface area contributed by atoms with E-state index in [1.54, 1.807) is 23.1 Å². The van der Waals surface area contributed by atoms with Gasteiger partial charge in [-0.15, -0.1) is 0 Å². The van der Waals surface area contributed by atoms with E-state index in [4.69, 9.17) is 11.6 Å². The van der Waals surface area contributed by atoms with E-state index >= 15 is 0 Å². The molecule has 1 aliphatic carbocycles. The number of H-pyrrole nitrogens is 1. The molecule has 0 radical (unpaired) electrons. The first-order valence-electron chi connectivity index (χ1n) is 11.9. The summed E-state index contributed by atoms with van der Waals surface area (Å²) in [6, 6.07) is 13.5. The van der Waals surface area contributed by atoms with Crippen molar-refractivity contribution in [3.05, 3.63) is 70.4 Å². The molecule has 7 nitrogen and oxygen atoms in total. The van der Waals surface area contributed by atoms with Crippen molar-refractivity contribution in [3.63, 3.8) is 0 Å². The third kappa shape index (κ3) is 3.88. The summed E-state index contributed by atoms with van der Waals surface area (Å²) in [6.45, 7) is 1.96. The molecule has 34 heavy (non-hydrogen) atoms. The van der Waals surface area contributed by atoms with E-state index in [0.717, 1.165) is 36.2 Å². The van der Waals surface area contributed by atoms with Gasteiger partial charge in [0.1, 0.15) is 11.0 Å². The Kier molecular flexibility index (Phi) is 5.37. The van der Waals surface area contributed by atoms with Crippen molar-refractivity contribution < 1.29 is 9.59 Å². The lowest BCUT2D eigenvalue weighted by molar-refractivity contribution is -0.135. The average molecular weight is 476 g/mol. The van der Waals surface area contributed by atoms with Crippen molar-refractivity contribution in [1.82, 2.24) is 25.2 Å². The van der Waals surface area contributed by atoms with Crippen LogP contribution in [0.15, 0.2) is 54.2 Å². The van der Waals surface area contributed by atoms with Crippen LogP contribution in [0.25, 0.3) is 11.0 Å². The number of amides is 2. The number of nitrogens with zero attached hydrogens (tertiary/aromatic N) is 4. The Hall–Kier alpha value is -3.19. The molecule has 3 aliphatic rings. The zero-order chi connectivity index (χ0) is 23.2. The zero-order valence-electron chi connectivity index (χ0n) is 18.8. The number of likely N-dealkylation sites (tertiary alicyclic amines) is 1. The van der Waals surface area contributed by atoms with Gasteiger partial charge in [-0.1, -0.05) is 23.7 Å². The Morgan fingerprint density at radius 2 is 1.68 bits per heavy atom. The highest BCUT2D eigenvalue weighted by atomic mass is 35.5. The SMILES string of the molecule is O=C(c1ccc2n[nH]nc2c1)N1C=C2CN(C(=O)C3CCC(c4ccc(Cl)cc4)CC3)C[C@@H]2C1. The second-order valence-corrected chi connectivity index (χ2v) is 10.1. The molecule has 8 heteroatoms. The molecule has 1 saturated carbocycles. The summed E-state index contributed by atoms with van der Waals surface area (Å²) in [5.41, 5.74) is 4.52. The molecule has 0 spiro atoms. The van der Waals surface area contributed by atoms with Crippen molar-refractivity contribution in [1.29, 1.82) is 0 Å². The monoisotopic (exact) mass is 475 g/mol. The number of carbonyl (C=O) groups is 2. The third-order valence-corrected chi connectivity index (χ3v) is 7.88. The van der Waals surface area contributed by atoms with Gasteiger partial charge in [0.15, 0.2) is 0 Å². The van der Waals surface area contributed by atoms with Gasteiger partial charge in [0, 0.05) is 48.3 Å². The molecule has 1 atom stereocenters. The molecule has 1 saturated heterocycles. The van der Waals surface area contributed by atoms with Crippen LogP contribution in [0.3, 0.4) is 0 Å². The van der Waals surface area contributed by atoms with Crippen LogP contribution in [0, 0.1) is 11.8 Å². The van der Waals surface area contributed by atoms with Crippen molar-refractivity contribution in [2.75, 3.05) is 19.6 Å². The maximum atomic E-state index is 13.2. The lowest BCUT2D eigenvalue weighted by atomic mass is 9.78. The fraction of sp³-hybridized carbons (Fsp3) is 0.385. The van der Waals surface area contributed by atoms with E-state index in [9.17, 15) is 9.59 Å². The van der Waals surface area contributed by atoms with Crippen LogP contribution in [0.4, 0.5) is 0 Å². The molecule has 2 aliphatic heterocycles. The second kappa shape index (κ2) is 8.55. The molecule has 0 bridgehead atoms. The van der Waals surface area contributed by atoms with Gasteiger partial charge in [-0.2, -0.15) is 15.4 Å². The quantitative estimate of drug-likeness (QED) is 0.609. The first kappa shape index (κ1) is 21.4. The van der Waals surface area contributed by atoms with Gasteiger partial charge < -0.3 is 9.80 Å². The summed E-state index contributed by atoms with van der Waals surface area (Å²) >= 11 is 6.02. The van der Waals surface area contributed by atoms with E-state index in [2.05, 4.69) is 27.5 Å². The fourth-order valence-corrected chi connectivity index (χ4v) is 5.85. The van der Waals surface area contributed by atoms with Crippen LogP contribution in [0.1, 0.15) is 47.5 Å². The number of carbonyl (C=O) groups excluding carboxylic acids is 2. The molecular formula is C26H26ClN5O2. The fourth-order valence-electron chi connectivity index (χ4n) is 5.72. The van der Waals surface area contributed by atoms with Crippen LogP contribution in [0.5, 0.6) is 0 Å². The normalized spacial score (nSPS) is 24.4. The predicted octanol–water partition coefficient (Wildman–Crippen LogP) is 4.38. The Balaban J connectivity index is 1.06. The third-order valence-electron chi connectivity index (χ3n) is 7.63. The Morgan fingerprint density at radius 3 is 2.44 bits per heavy atom. The highest BCUT2D eigenvalue weighted by Gasteiger charge is 2.39. The number of hydrogen-bond acceptors (Lipinski definition) is 4. The Bertz CT molecular complexity index is 1280. The number of halogens is 1. The lowest BCUT2D eigenvalue weighted by Crippen LogP contribution is -2.37. The maximum absolute atomic E-state index is 13.2. The molecule has 2 amide bonds. The van der Waals surface area contributed by atoms with Crippen molar-refractivity contribution in [2.45, 2.75) is 31.6 Å². The second-order valence-electron chi connectivity index (χ2n) is 9.70. The van der Waals surface area contributed by atoms with Gasteiger partial charge in [-0.05, 0) is 73.1 Å². The smallest absolute Gasteiger partial charge is 0.257 e. The molecule has 3 aromatic rings. The highest BCUT2D eigenvalue weighted by molar-refractivity contribution is 6.30. The lowest BCUT2D eigenvalue weighted by Gasteiger charge is -2.31. The summed E-state index contributed by atoms with van der Waals surface area (Å²) in [6.07, 6.45) is 5.89. The molecule has 0 unspecified atom stereocenters. The van der Waals surface area contributed by atoms with E-state index in [0.29, 0.717) is 36.6 Å². The van der Waals surface area contributed by atoms with E-state index in [1.165, 1.54) is 11.1 Å². The topological polar surface area (TPSA) is 82.2 Å². The molecule has 3 heterocycles. The summed E-state index contributed by atoms with van der Waals surface area (Å²) in [7, 11) is 0. The van der Waals surface area contributed by atoms with Crippen LogP contribution >= 0.6 is 11.6 Å². The van der Waals surface area contributed by atoms with E-state index < -0.39 is 0 Å². The molecule has 2 fully saturated rings. The van der Waals surface area contributed by atoms with Gasteiger partial charge in [0.2, 0.25) is 5.91 Å². The molecule has 2 aromatic carbocycles. The minimum absolute atomic E-state index is 0.0369. The molecule has 1 aromatic heterocycles. The summed E-state index contributed by atoms with van der Waals surface area (Å²) in [5, 5.41) is 11.5. The maximum Gasteiger partial charge on any atom is 0.257 e. The van der Waals surface area contributed by atoms with Crippen molar-refractivity contribution in [2.24, 2.45) is 11.8 Å². The number of aromatic nitrogens is 3. The van der Waals surface area contributed by atoms with Crippen LogP contribution in [-0.4, -0.2) is 56.7 Å². The molecule has 6 rings (SSSR count). The van der Waals surface area contributed by atoms with Gasteiger partial charge in [-0.3, -0.25) is 9.59 Å².